The minimum absolute atomic E-state index is 0.221. The van der Waals surface area contributed by atoms with Gasteiger partial charge in [-0.1, -0.05) is 30.3 Å². The van der Waals surface area contributed by atoms with Crippen LogP contribution in [0.2, 0.25) is 0 Å². The molecule has 7 heteroatoms. The Labute approximate surface area is 170 Å². The van der Waals surface area contributed by atoms with E-state index in [9.17, 15) is 4.79 Å². The number of anilines is 1. The number of nitrogens with one attached hydrogen (secondary N) is 2. The monoisotopic (exact) mass is 392 g/mol. The normalized spacial score (nSPS) is 10.2. The number of nitrogens with zero attached hydrogens (tertiary/aromatic N) is 2. The standard InChI is InChI=1S/C22H24N4O3/c1-28-18-7-9-19(10-8-18)29-14-13-23-21-15-20(25-16-26-21)22(27)24-12-11-17-5-3-2-4-6-17/h2-10,15-16H,11-14H2,1H3,(H,24,27)(H,23,25,26). The van der Waals surface area contributed by atoms with Gasteiger partial charge in [-0.2, -0.15) is 0 Å². The van der Waals surface area contributed by atoms with Crippen molar-refractivity contribution in [1.29, 1.82) is 0 Å². The Morgan fingerprint density at radius 3 is 2.48 bits per heavy atom. The molecule has 0 saturated heterocycles. The Hall–Kier alpha value is -3.61. The van der Waals surface area contributed by atoms with Crippen LogP contribution in [0, 0.1) is 0 Å². The highest BCUT2D eigenvalue weighted by Gasteiger charge is 2.08. The molecule has 150 valence electrons. The highest BCUT2D eigenvalue weighted by molar-refractivity contribution is 5.92. The molecule has 3 aromatic rings. The minimum Gasteiger partial charge on any atom is -0.497 e. The molecule has 0 fully saturated rings. The van der Waals surface area contributed by atoms with E-state index in [1.807, 2.05) is 54.6 Å². The molecule has 1 aromatic heterocycles. The van der Waals surface area contributed by atoms with Gasteiger partial charge in [0, 0.05) is 12.6 Å². The summed E-state index contributed by atoms with van der Waals surface area (Å²) >= 11 is 0. The van der Waals surface area contributed by atoms with Gasteiger partial charge >= 0.3 is 0 Å². The molecule has 7 nitrogen and oxygen atoms in total. The lowest BCUT2D eigenvalue weighted by Crippen LogP contribution is -2.26. The van der Waals surface area contributed by atoms with Gasteiger partial charge in [0.15, 0.2) is 0 Å². The second-order valence-electron chi connectivity index (χ2n) is 6.23. The topological polar surface area (TPSA) is 85.4 Å². The van der Waals surface area contributed by atoms with Crippen molar-refractivity contribution < 1.29 is 14.3 Å². The summed E-state index contributed by atoms with van der Waals surface area (Å²) in [6.07, 6.45) is 2.14. The van der Waals surface area contributed by atoms with Crippen molar-refractivity contribution in [2.75, 3.05) is 32.1 Å². The van der Waals surface area contributed by atoms with Crippen LogP contribution in [0.1, 0.15) is 16.1 Å². The molecule has 0 spiro atoms. The quantitative estimate of drug-likeness (QED) is 0.516. The average Bonchev–Trinajstić information content (AvgIpc) is 2.78. The van der Waals surface area contributed by atoms with E-state index >= 15 is 0 Å². The summed E-state index contributed by atoms with van der Waals surface area (Å²) in [7, 11) is 1.62. The third-order valence-electron chi connectivity index (χ3n) is 4.18. The van der Waals surface area contributed by atoms with E-state index in [2.05, 4.69) is 20.6 Å². The molecule has 0 aliphatic carbocycles. The Morgan fingerprint density at radius 2 is 1.72 bits per heavy atom. The van der Waals surface area contributed by atoms with Crippen molar-refractivity contribution in [3.05, 3.63) is 78.2 Å². The molecule has 29 heavy (non-hydrogen) atoms. The van der Waals surface area contributed by atoms with Gasteiger partial charge in [0.25, 0.3) is 5.91 Å². The van der Waals surface area contributed by atoms with E-state index in [4.69, 9.17) is 9.47 Å². The zero-order valence-electron chi connectivity index (χ0n) is 16.3. The fraction of sp³-hybridized carbons (Fsp3) is 0.227. The van der Waals surface area contributed by atoms with Gasteiger partial charge < -0.3 is 20.1 Å². The van der Waals surface area contributed by atoms with Gasteiger partial charge in [-0.25, -0.2) is 9.97 Å². The minimum atomic E-state index is -0.221. The van der Waals surface area contributed by atoms with Gasteiger partial charge in [-0.05, 0) is 36.2 Å². The Morgan fingerprint density at radius 1 is 0.966 bits per heavy atom. The SMILES string of the molecule is COc1ccc(OCCNc2cc(C(=O)NCCc3ccccc3)ncn2)cc1. The highest BCUT2D eigenvalue weighted by atomic mass is 16.5. The predicted molar refractivity (Wildman–Crippen MR) is 111 cm³/mol. The molecule has 3 rings (SSSR count). The number of carbonyl (C=O) groups is 1. The third kappa shape index (κ3) is 6.49. The smallest absolute Gasteiger partial charge is 0.270 e. The third-order valence-corrected chi connectivity index (χ3v) is 4.18. The molecule has 0 aliphatic rings. The molecule has 0 atom stereocenters. The van der Waals surface area contributed by atoms with Crippen LogP contribution in [0.3, 0.4) is 0 Å². The van der Waals surface area contributed by atoms with E-state index in [0.717, 1.165) is 17.9 Å². The van der Waals surface area contributed by atoms with Crippen LogP contribution in [0.15, 0.2) is 67.0 Å². The van der Waals surface area contributed by atoms with Crippen molar-refractivity contribution in [2.45, 2.75) is 6.42 Å². The van der Waals surface area contributed by atoms with Crippen molar-refractivity contribution in [2.24, 2.45) is 0 Å². The van der Waals surface area contributed by atoms with E-state index in [-0.39, 0.29) is 5.91 Å². The number of amides is 1. The second kappa shape index (κ2) is 10.7. The summed E-state index contributed by atoms with van der Waals surface area (Å²) in [5.74, 6) is 1.90. The summed E-state index contributed by atoms with van der Waals surface area (Å²) in [6.45, 7) is 1.54. The molecule has 1 amide bonds. The zero-order chi connectivity index (χ0) is 20.3. The molecule has 0 unspecified atom stereocenters. The van der Waals surface area contributed by atoms with Gasteiger partial charge in [-0.15, -0.1) is 0 Å². The number of benzene rings is 2. The molecular weight excluding hydrogens is 368 g/mol. The number of hydrogen-bond acceptors (Lipinski definition) is 6. The maximum Gasteiger partial charge on any atom is 0.270 e. The fourth-order valence-electron chi connectivity index (χ4n) is 2.65. The number of ether oxygens (including phenoxy) is 2. The Balaban J connectivity index is 1.41. The molecule has 0 aliphatic heterocycles. The predicted octanol–water partition coefficient (Wildman–Crippen LogP) is 2.95. The van der Waals surface area contributed by atoms with E-state index in [1.165, 1.54) is 11.9 Å². The summed E-state index contributed by atoms with van der Waals surface area (Å²) in [5, 5.41) is 6.01. The van der Waals surface area contributed by atoms with Crippen molar-refractivity contribution >= 4 is 11.7 Å². The Bertz CT molecular complexity index is 901. The van der Waals surface area contributed by atoms with Crippen LogP contribution >= 0.6 is 0 Å². The van der Waals surface area contributed by atoms with E-state index in [0.29, 0.717) is 31.2 Å². The highest BCUT2D eigenvalue weighted by Crippen LogP contribution is 2.16. The largest absolute Gasteiger partial charge is 0.497 e. The lowest BCUT2D eigenvalue weighted by molar-refractivity contribution is 0.0949. The second-order valence-corrected chi connectivity index (χ2v) is 6.23. The summed E-state index contributed by atoms with van der Waals surface area (Å²) in [5.41, 5.74) is 1.50. The number of rotatable bonds is 10. The summed E-state index contributed by atoms with van der Waals surface area (Å²) in [6, 6.07) is 19.0. The van der Waals surface area contributed by atoms with Crippen LogP contribution in [-0.2, 0) is 6.42 Å². The maximum atomic E-state index is 12.3. The summed E-state index contributed by atoms with van der Waals surface area (Å²) in [4.78, 5) is 20.5. The van der Waals surface area contributed by atoms with Gasteiger partial charge in [0.1, 0.15) is 35.9 Å². The fourth-order valence-corrected chi connectivity index (χ4v) is 2.65. The van der Waals surface area contributed by atoms with Crippen molar-refractivity contribution in [3.63, 3.8) is 0 Å². The van der Waals surface area contributed by atoms with Crippen molar-refractivity contribution in [1.82, 2.24) is 15.3 Å². The van der Waals surface area contributed by atoms with E-state index < -0.39 is 0 Å². The number of methoxy groups -OCH3 is 1. The molecule has 2 aromatic carbocycles. The van der Waals surface area contributed by atoms with Crippen LogP contribution in [-0.4, -0.2) is 42.7 Å². The number of aromatic nitrogens is 2. The number of carbonyl (C=O) groups excluding carboxylic acids is 1. The van der Waals surface area contributed by atoms with Crippen LogP contribution < -0.4 is 20.1 Å². The van der Waals surface area contributed by atoms with Gasteiger partial charge in [0.05, 0.1) is 13.7 Å². The maximum absolute atomic E-state index is 12.3. The number of hydrogen-bond donors (Lipinski definition) is 2. The lowest BCUT2D eigenvalue weighted by Gasteiger charge is -2.09. The average molecular weight is 392 g/mol. The van der Waals surface area contributed by atoms with Crippen molar-refractivity contribution in [3.8, 4) is 11.5 Å². The first-order valence-electron chi connectivity index (χ1n) is 9.39. The van der Waals surface area contributed by atoms with Gasteiger partial charge in [0.2, 0.25) is 0 Å². The van der Waals surface area contributed by atoms with Gasteiger partial charge in [-0.3, -0.25) is 4.79 Å². The molecular formula is C22H24N4O3. The molecule has 0 bridgehead atoms. The summed E-state index contributed by atoms with van der Waals surface area (Å²) < 4.78 is 10.8. The first kappa shape index (κ1) is 20.1. The Kier molecular flexibility index (Phi) is 7.40. The van der Waals surface area contributed by atoms with E-state index in [1.54, 1.807) is 13.2 Å². The molecule has 1 heterocycles. The van der Waals surface area contributed by atoms with Crippen LogP contribution in [0.4, 0.5) is 5.82 Å². The first-order valence-corrected chi connectivity index (χ1v) is 9.39. The first-order chi connectivity index (χ1) is 14.2. The molecule has 0 radical (unpaired) electrons. The van der Waals surface area contributed by atoms with Crippen LogP contribution in [0.25, 0.3) is 0 Å². The lowest BCUT2D eigenvalue weighted by atomic mass is 10.1. The molecule has 2 N–H and O–H groups in total. The zero-order valence-corrected chi connectivity index (χ0v) is 16.3. The molecule has 0 saturated carbocycles. The van der Waals surface area contributed by atoms with Crippen LogP contribution in [0.5, 0.6) is 11.5 Å².